The van der Waals surface area contributed by atoms with Gasteiger partial charge in [-0.1, -0.05) is 109 Å². The number of unbranched alkanes of at least 4 members (excludes halogenated alkanes) is 6. The van der Waals surface area contributed by atoms with E-state index in [1.54, 1.807) is 0 Å². The van der Waals surface area contributed by atoms with E-state index in [2.05, 4.69) is 68.0 Å². The molecule has 2 aromatic carbocycles. The molecule has 3 aliphatic rings. The number of piperidine rings is 1. The van der Waals surface area contributed by atoms with Crippen molar-refractivity contribution in [1.82, 2.24) is 0 Å². The molecule has 0 amide bonds. The average Bonchev–Trinajstić information content (AvgIpc) is 3.41. The van der Waals surface area contributed by atoms with Gasteiger partial charge in [0, 0.05) is 51.0 Å². The topological polar surface area (TPSA) is 49.9 Å². The summed E-state index contributed by atoms with van der Waals surface area (Å²) in [4.78, 5) is 32.1. The van der Waals surface area contributed by atoms with Crippen molar-refractivity contribution in [2.45, 2.75) is 123 Å². The number of esters is 1. The molecular formula is C41H62N3O3+. The first-order chi connectivity index (χ1) is 22.9. The van der Waals surface area contributed by atoms with Gasteiger partial charge in [0.15, 0.2) is 5.78 Å². The third-order valence-corrected chi connectivity index (χ3v) is 11.5. The Morgan fingerprint density at radius 3 is 2.30 bits per heavy atom. The van der Waals surface area contributed by atoms with Gasteiger partial charge in [-0.05, 0) is 36.5 Å². The second-order valence-electron chi connectivity index (χ2n) is 14.8. The zero-order valence-electron chi connectivity index (χ0n) is 30.0. The quantitative estimate of drug-likeness (QED) is 0.0662. The van der Waals surface area contributed by atoms with Crippen LogP contribution in [0.3, 0.4) is 0 Å². The van der Waals surface area contributed by atoms with Crippen LogP contribution in [0, 0.1) is 5.92 Å². The van der Waals surface area contributed by atoms with E-state index < -0.39 is 0 Å². The van der Waals surface area contributed by atoms with Crippen LogP contribution in [0.1, 0.15) is 132 Å². The first kappa shape index (κ1) is 35.4. The van der Waals surface area contributed by atoms with Crippen molar-refractivity contribution in [1.29, 1.82) is 0 Å². The molecular weight excluding hydrogens is 582 g/mol. The zero-order chi connectivity index (χ0) is 33.2. The van der Waals surface area contributed by atoms with Crippen molar-refractivity contribution in [3.8, 4) is 0 Å². The van der Waals surface area contributed by atoms with Gasteiger partial charge < -0.3 is 14.5 Å². The largest absolute Gasteiger partial charge is 0.415 e. The molecule has 1 unspecified atom stereocenters. The number of likely N-dealkylation sites (tertiary alicyclic amines) is 1. The number of carbonyl (C=O) groups excluding carboxylic acids is 2. The first-order valence-corrected chi connectivity index (χ1v) is 19.1. The van der Waals surface area contributed by atoms with Gasteiger partial charge in [-0.25, -0.2) is 0 Å². The number of carbonyl (C=O) groups is 2. The normalized spacial score (nSPS) is 21.6. The Balaban J connectivity index is 1.30. The van der Waals surface area contributed by atoms with Crippen LogP contribution in [0.25, 0.3) is 0 Å². The molecule has 47 heavy (non-hydrogen) atoms. The third kappa shape index (κ3) is 8.60. The molecule has 3 heterocycles. The SMILES string of the molecule is CCCCCCC(CCCCCC)C(=O)OC[N+]1(CCCC(=O)c2ccc(CC)cc2)CC[C@H]2[C@@H](C1)c1cccc3c1N2CCN3C. The number of nitrogens with zero attached hydrogens (tertiary/aromatic N) is 3. The minimum absolute atomic E-state index is 0.00359. The average molecular weight is 645 g/mol. The maximum atomic E-state index is 13.8. The Morgan fingerprint density at radius 2 is 1.62 bits per heavy atom. The van der Waals surface area contributed by atoms with Crippen LogP contribution in [-0.2, 0) is 16.0 Å². The van der Waals surface area contributed by atoms with Crippen molar-refractivity contribution >= 4 is 23.1 Å². The van der Waals surface area contributed by atoms with Crippen LogP contribution in [0.15, 0.2) is 42.5 Å². The Labute approximate surface area is 285 Å². The molecule has 3 aliphatic heterocycles. The number of Topliss-reactive ketones (excluding diaryl/α,β-unsaturated/α-hetero) is 1. The number of rotatable bonds is 19. The number of ketones is 1. The lowest BCUT2D eigenvalue weighted by Crippen LogP contribution is -2.60. The van der Waals surface area contributed by atoms with Crippen molar-refractivity contribution < 1.29 is 18.8 Å². The van der Waals surface area contributed by atoms with Crippen LogP contribution >= 0.6 is 0 Å². The number of ether oxygens (including phenoxy) is 1. The van der Waals surface area contributed by atoms with E-state index >= 15 is 0 Å². The molecule has 0 bridgehead atoms. The van der Waals surface area contributed by atoms with E-state index in [1.807, 2.05) is 12.1 Å². The summed E-state index contributed by atoms with van der Waals surface area (Å²) in [5.74, 6) is 0.650. The summed E-state index contributed by atoms with van der Waals surface area (Å²) in [5, 5.41) is 0. The van der Waals surface area contributed by atoms with Gasteiger partial charge in [0.1, 0.15) is 0 Å². The van der Waals surface area contributed by atoms with Crippen molar-refractivity contribution in [2.24, 2.45) is 5.92 Å². The van der Waals surface area contributed by atoms with Crippen LogP contribution < -0.4 is 9.80 Å². The maximum Gasteiger partial charge on any atom is 0.313 e. The third-order valence-electron chi connectivity index (χ3n) is 11.5. The van der Waals surface area contributed by atoms with Gasteiger partial charge in [0.05, 0.1) is 42.8 Å². The fourth-order valence-electron chi connectivity index (χ4n) is 8.57. The predicted molar refractivity (Wildman–Crippen MR) is 194 cm³/mol. The molecule has 2 aromatic rings. The van der Waals surface area contributed by atoms with Crippen LogP contribution in [0.2, 0.25) is 0 Å². The second kappa shape index (κ2) is 17.0. The van der Waals surface area contributed by atoms with E-state index in [9.17, 15) is 9.59 Å². The summed E-state index contributed by atoms with van der Waals surface area (Å²) in [6.07, 6.45) is 14.8. The number of quaternary nitrogens is 1. The standard InChI is InChI=1S/C41H62N3O3/c1-5-8-10-12-16-34(17-13-11-9-6-2)41(46)47-31-44(28-15-20-39(45)33-23-21-32(7-3)22-24-33)29-25-37-36(30-44)35-18-14-19-38-40(35)43(37)27-26-42(38)4/h14,18-19,21-24,34,36-37H,5-13,15-17,20,25-31H2,1-4H3/q+1/t36-,37-,44?/m0/s1. The summed E-state index contributed by atoms with van der Waals surface area (Å²) < 4.78 is 7.16. The Bertz CT molecular complexity index is 1300. The molecule has 0 aliphatic carbocycles. The monoisotopic (exact) mass is 644 g/mol. The number of benzene rings is 2. The Morgan fingerprint density at radius 1 is 0.894 bits per heavy atom. The molecule has 0 N–H and O–H groups in total. The van der Waals surface area contributed by atoms with E-state index in [4.69, 9.17) is 4.74 Å². The lowest BCUT2D eigenvalue weighted by atomic mass is 9.87. The molecule has 5 rings (SSSR count). The minimum atomic E-state index is 0.00359. The number of hydrogen-bond donors (Lipinski definition) is 0. The van der Waals surface area contributed by atoms with Gasteiger partial charge >= 0.3 is 5.97 Å². The maximum absolute atomic E-state index is 13.8. The highest BCUT2D eigenvalue weighted by molar-refractivity contribution is 5.96. The molecule has 3 atom stereocenters. The molecule has 0 spiro atoms. The number of aryl methyl sites for hydroxylation is 1. The van der Waals surface area contributed by atoms with Crippen molar-refractivity contribution in [2.75, 3.05) is 56.3 Å². The van der Waals surface area contributed by atoms with Crippen molar-refractivity contribution in [3.63, 3.8) is 0 Å². The number of likely N-dealkylation sites (N-methyl/N-ethyl adjacent to an activating group) is 1. The summed E-state index contributed by atoms with van der Waals surface area (Å²) in [6, 6.07) is 15.5. The van der Waals surface area contributed by atoms with Gasteiger partial charge in [0.25, 0.3) is 0 Å². The fraction of sp³-hybridized carbons (Fsp3) is 0.659. The number of fused-ring (bicyclic) bond motifs is 3. The van der Waals surface area contributed by atoms with E-state index in [0.29, 0.717) is 25.1 Å². The van der Waals surface area contributed by atoms with Crippen LogP contribution in [0.4, 0.5) is 11.4 Å². The lowest BCUT2D eigenvalue weighted by molar-refractivity contribution is -0.949. The molecule has 0 saturated carbocycles. The van der Waals surface area contributed by atoms with E-state index in [1.165, 1.54) is 61.0 Å². The Kier molecular flexibility index (Phi) is 12.8. The molecule has 6 nitrogen and oxygen atoms in total. The summed E-state index contributed by atoms with van der Waals surface area (Å²) in [6.45, 7) is 12.0. The molecule has 0 radical (unpaired) electrons. The van der Waals surface area contributed by atoms with Crippen LogP contribution in [-0.4, -0.2) is 68.8 Å². The van der Waals surface area contributed by atoms with Crippen molar-refractivity contribution in [3.05, 3.63) is 59.2 Å². The molecule has 1 saturated heterocycles. The summed E-state index contributed by atoms with van der Waals surface area (Å²) in [5.41, 5.74) is 6.31. The first-order valence-electron chi connectivity index (χ1n) is 19.1. The van der Waals surface area contributed by atoms with Crippen LogP contribution in [0.5, 0.6) is 0 Å². The Hall–Kier alpha value is -2.86. The highest BCUT2D eigenvalue weighted by Gasteiger charge is 2.50. The zero-order valence-corrected chi connectivity index (χ0v) is 30.0. The van der Waals surface area contributed by atoms with Gasteiger partial charge in [-0.15, -0.1) is 0 Å². The molecule has 0 aromatic heterocycles. The van der Waals surface area contributed by atoms with Gasteiger partial charge in [-0.3, -0.25) is 14.1 Å². The summed E-state index contributed by atoms with van der Waals surface area (Å²) in [7, 11) is 2.21. The van der Waals surface area contributed by atoms with E-state index in [-0.39, 0.29) is 17.7 Å². The highest BCUT2D eigenvalue weighted by Crippen LogP contribution is 2.51. The minimum Gasteiger partial charge on any atom is -0.415 e. The van der Waals surface area contributed by atoms with Gasteiger partial charge in [0.2, 0.25) is 6.73 Å². The summed E-state index contributed by atoms with van der Waals surface area (Å²) >= 11 is 0. The molecule has 1 fully saturated rings. The fourth-order valence-corrected chi connectivity index (χ4v) is 8.57. The highest BCUT2D eigenvalue weighted by atomic mass is 16.5. The molecule has 258 valence electrons. The number of hydrogen-bond acceptors (Lipinski definition) is 5. The number of anilines is 2. The smallest absolute Gasteiger partial charge is 0.313 e. The number of para-hydroxylation sites is 1. The second-order valence-corrected chi connectivity index (χ2v) is 14.8. The van der Waals surface area contributed by atoms with E-state index in [0.717, 1.165) is 87.7 Å². The lowest BCUT2D eigenvalue weighted by Gasteiger charge is -2.47. The predicted octanol–water partition coefficient (Wildman–Crippen LogP) is 8.91. The van der Waals surface area contributed by atoms with Gasteiger partial charge in [-0.2, -0.15) is 0 Å². The molecule has 6 heteroatoms.